The lowest BCUT2D eigenvalue weighted by atomic mass is 9.87. The van der Waals surface area contributed by atoms with Crippen LogP contribution in [0.1, 0.15) is 91.4 Å². The number of amides is 3. The molecule has 1 aromatic carbocycles. The summed E-state index contributed by atoms with van der Waals surface area (Å²) in [5, 5.41) is 6.63. The van der Waals surface area contributed by atoms with Crippen molar-refractivity contribution >= 4 is 46.2 Å². The Morgan fingerprint density at radius 2 is 1.69 bits per heavy atom. The molecule has 4 aliphatic rings. The number of carbonyl (C=O) groups excluding carboxylic acids is 3. The summed E-state index contributed by atoms with van der Waals surface area (Å²) in [5.41, 5.74) is 4.91. The minimum atomic E-state index is -0.217. The summed E-state index contributed by atoms with van der Waals surface area (Å²) in [6, 6.07) is 15.3. The van der Waals surface area contributed by atoms with Gasteiger partial charge in [-0.3, -0.25) is 24.6 Å². The minimum absolute atomic E-state index is 0.0149. The molecule has 2 N–H and O–H groups in total. The highest BCUT2D eigenvalue weighted by molar-refractivity contribution is 6.01. The Kier molecular flexibility index (Phi) is 9.65. The molecule has 272 valence electrons. The first-order valence-electron chi connectivity index (χ1n) is 19.0. The lowest BCUT2D eigenvalue weighted by Gasteiger charge is -2.48. The van der Waals surface area contributed by atoms with Gasteiger partial charge in [-0.2, -0.15) is 4.98 Å². The summed E-state index contributed by atoms with van der Waals surface area (Å²) in [6.45, 7) is 4.34. The highest BCUT2D eigenvalue weighted by atomic mass is 16.2. The van der Waals surface area contributed by atoms with E-state index < -0.39 is 0 Å². The number of anilines is 3. The van der Waals surface area contributed by atoms with Crippen LogP contribution in [0.3, 0.4) is 0 Å². The number of fused-ring (bicyclic) bond motifs is 1. The zero-order valence-electron chi connectivity index (χ0n) is 30.3. The molecule has 52 heavy (non-hydrogen) atoms. The molecule has 1 atom stereocenters. The van der Waals surface area contributed by atoms with Crippen LogP contribution in [0.5, 0.6) is 0 Å². The first-order chi connectivity index (χ1) is 25.3. The number of rotatable bonds is 10. The van der Waals surface area contributed by atoms with Gasteiger partial charge in [0.25, 0.3) is 5.91 Å². The van der Waals surface area contributed by atoms with Crippen molar-refractivity contribution in [1.29, 1.82) is 0 Å². The minimum Gasteiger partial charge on any atom is -0.367 e. The number of benzene rings is 1. The molecule has 12 nitrogen and oxygen atoms in total. The van der Waals surface area contributed by atoms with Crippen molar-refractivity contribution < 1.29 is 14.4 Å². The Morgan fingerprint density at radius 3 is 2.38 bits per heavy atom. The van der Waals surface area contributed by atoms with Crippen molar-refractivity contribution in [2.24, 2.45) is 5.92 Å². The highest BCUT2D eigenvalue weighted by Crippen LogP contribution is 2.35. The number of nitrogens with one attached hydrogen (secondary N) is 2. The maximum absolute atomic E-state index is 13.0. The molecule has 8 rings (SSSR count). The summed E-state index contributed by atoms with van der Waals surface area (Å²) in [7, 11) is 3.58. The summed E-state index contributed by atoms with van der Waals surface area (Å²) in [4.78, 5) is 57.6. The number of carbonyl (C=O) groups is 3. The number of piperidine rings is 2. The topological polar surface area (TPSA) is 129 Å². The van der Waals surface area contributed by atoms with Crippen LogP contribution >= 0.6 is 0 Å². The third-order valence-electron chi connectivity index (χ3n) is 11.7. The number of aromatic nitrogens is 4. The van der Waals surface area contributed by atoms with E-state index in [0.29, 0.717) is 36.3 Å². The maximum Gasteiger partial charge on any atom is 0.270 e. The van der Waals surface area contributed by atoms with Crippen LogP contribution in [0.25, 0.3) is 11.0 Å². The van der Waals surface area contributed by atoms with Gasteiger partial charge in [-0.25, -0.2) is 9.97 Å². The smallest absolute Gasteiger partial charge is 0.270 e. The Balaban J connectivity index is 0.802. The summed E-state index contributed by atoms with van der Waals surface area (Å²) in [5.74, 6) is 1.34. The average molecular weight is 704 g/mol. The number of aryl methyl sites for hydroxylation is 1. The first-order valence-corrected chi connectivity index (χ1v) is 19.0. The maximum atomic E-state index is 13.0. The molecule has 4 aromatic rings. The fourth-order valence-corrected chi connectivity index (χ4v) is 8.56. The third-order valence-corrected chi connectivity index (χ3v) is 11.7. The Hall–Kier alpha value is -4.84. The third kappa shape index (κ3) is 7.13. The normalized spacial score (nSPS) is 20.7. The zero-order valence-corrected chi connectivity index (χ0v) is 30.3. The molecule has 12 heteroatoms. The van der Waals surface area contributed by atoms with E-state index in [4.69, 9.17) is 9.97 Å². The van der Waals surface area contributed by atoms with Crippen molar-refractivity contribution in [3.05, 3.63) is 71.7 Å². The van der Waals surface area contributed by atoms with Gasteiger partial charge in [0.15, 0.2) is 0 Å². The summed E-state index contributed by atoms with van der Waals surface area (Å²) in [6.07, 6.45) is 13.9. The van der Waals surface area contributed by atoms with Crippen molar-refractivity contribution in [2.45, 2.75) is 82.2 Å². The lowest BCUT2D eigenvalue weighted by molar-refractivity contribution is -0.134. The van der Waals surface area contributed by atoms with Crippen molar-refractivity contribution in [2.75, 3.05) is 50.5 Å². The second-order valence-electron chi connectivity index (χ2n) is 15.4. The molecule has 3 saturated heterocycles. The fraction of sp³-hybridized carbons (Fsp3) is 0.500. The quantitative estimate of drug-likeness (QED) is 0.208. The van der Waals surface area contributed by atoms with Crippen LogP contribution in [-0.2, 0) is 16.0 Å². The van der Waals surface area contributed by atoms with Gasteiger partial charge in [-0.1, -0.05) is 37.1 Å². The summed E-state index contributed by atoms with van der Waals surface area (Å²) >= 11 is 0. The molecule has 6 heterocycles. The van der Waals surface area contributed by atoms with E-state index in [2.05, 4.69) is 60.3 Å². The number of pyridine rings is 1. The van der Waals surface area contributed by atoms with Crippen molar-refractivity contribution in [3.63, 3.8) is 0 Å². The van der Waals surface area contributed by atoms with Gasteiger partial charge in [0, 0.05) is 57.3 Å². The Bertz CT molecular complexity index is 1920. The molecule has 3 aromatic heterocycles. The van der Waals surface area contributed by atoms with Crippen molar-refractivity contribution in [3.8, 4) is 0 Å². The largest absolute Gasteiger partial charge is 0.367 e. The number of likely N-dealkylation sites (tertiary alicyclic amines) is 1. The molecule has 0 bridgehead atoms. The molecular weight excluding hydrogens is 654 g/mol. The Labute approximate surface area is 305 Å². The van der Waals surface area contributed by atoms with Gasteiger partial charge in [0.2, 0.25) is 17.8 Å². The van der Waals surface area contributed by atoms with E-state index in [1.807, 2.05) is 18.3 Å². The molecule has 1 unspecified atom stereocenters. The van der Waals surface area contributed by atoms with E-state index in [-0.39, 0.29) is 29.7 Å². The van der Waals surface area contributed by atoms with Gasteiger partial charge < -0.3 is 19.7 Å². The second kappa shape index (κ2) is 14.7. The van der Waals surface area contributed by atoms with Crippen LogP contribution in [0.15, 0.2) is 54.9 Å². The van der Waals surface area contributed by atoms with Gasteiger partial charge in [0.05, 0.1) is 17.8 Å². The lowest BCUT2D eigenvalue weighted by Crippen LogP contribution is -2.61. The SMILES string of the molecule is CN(C)C(=O)c1cc2cnc(Nc3ccc(N4CC(N5CCC(CCc6ccc(C7CCC(=O)NC7=O)cc6)CC5)C4)cn3)nc2n1C1CCCC1. The molecule has 3 aliphatic heterocycles. The highest BCUT2D eigenvalue weighted by Gasteiger charge is 2.34. The van der Waals surface area contributed by atoms with E-state index >= 15 is 0 Å². The molecule has 1 saturated carbocycles. The van der Waals surface area contributed by atoms with E-state index in [9.17, 15) is 14.4 Å². The first kappa shape index (κ1) is 34.3. The molecule has 4 fully saturated rings. The summed E-state index contributed by atoms with van der Waals surface area (Å²) < 4.78 is 2.13. The number of nitrogens with zero attached hydrogens (tertiary/aromatic N) is 7. The number of imide groups is 1. The van der Waals surface area contributed by atoms with Crippen LogP contribution in [0.4, 0.5) is 17.5 Å². The zero-order chi connectivity index (χ0) is 35.8. The predicted octanol–water partition coefficient (Wildman–Crippen LogP) is 5.44. The van der Waals surface area contributed by atoms with Crippen LogP contribution in [-0.4, -0.2) is 93.4 Å². The predicted molar refractivity (Wildman–Crippen MR) is 201 cm³/mol. The molecule has 1 aliphatic carbocycles. The molecular formula is C40H49N9O3. The molecule has 3 amide bonds. The van der Waals surface area contributed by atoms with Gasteiger partial charge in [0.1, 0.15) is 17.2 Å². The van der Waals surface area contributed by atoms with E-state index in [1.165, 1.54) is 24.8 Å². The van der Waals surface area contributed by atoms with Crippen molar-refractivity contribution in [1.82, 2.24) is 34.6 Å². The monoisotopic (exact) mass is 703 g/mol. The van der Waals surface area contributed by atoms with Gasteiger partial charge in [-0.05, 0) is 93.3 Å². The van der Waals surface area contributed by atoms with Crippen LogP contribution in [0.2, 0.25) is 0 Å². The van der Waals surface area contributed by atoms with E-state index in [1.54, 1.807) is 25.2 Å². The molecule has 0 radical (unpaired) electrons. The second-order valence-corrected chi connectivity index (χ2v) is 15.4. The molecule has 0 spiro atoms. The number of hydrogen-bond donors (Lipinski definition) is 2. The fourth-order valence-electron chi connectivity index (χ4n) is 8.56. The Morgan fingerprint density at radius 1 is 0.923 bits per heavy atom. The number of hydrogen-bond acceptors (Lipinski definition) is 9. The van der Waals surface area contributed by atoms with Gasteiger partial charge >= 0.3 is 0 Å². The van der Waals surface area contributed by atoms with Crippen LogP contribution < -0.4 is 15.5 Å². The van der Waals surface area contributed by atoms with E-state index in [0.717, 1.165) is 86.5 Å². The van der Waals surface area contributed by atoms with Crippen LogP contribution in [0, 0.1) is 5.92 Å². The standard InChI is InChI=1S/C40H49N9O3/c1-46(2)39(52)34-21-29-22-42-40(45-37(29)49(34)30-5-3-4-6-30)43-35-15-13-31(23-41-35)48-24-32(25-48)47-19-17-27(18-20-47)8-7-26-9-11-28(12-10-26)33-14-16-36(50)44-38(33)51/h9-13,15,21-23,27,30,32-33H,3-8,14,16-20,24-25H2,1-2H3,(H,44,50,51)(H,41,42,43,45). The average Bonchev–Trinajstić information content (AvgIpc) is 3.79. The van der Waals surface area contributed by atoms with Gasteiger partial charge in [-0.15, -0.1) is 0 Å².